The van der Waals surface area contributed by atoms with Gasteiger partial charge in [0.05, 0.1) is 19.2 Å². The Hall–Kier alpha value is -1.72. The van der Waals surface area contributed by atoms with Crippen molar-refractivity contribution in [2.24, 2.45) is 0 Å². The van der Waals surface area contributed by atoms with Crippen LogP contribution in [0.5, 0.6) is 5.75 Å². The Kier molecular flexibility index (Phi) is 5.20. The molecule has 0 N–H and O–H groups in total. The molecule has 0 saturated carbocycles. The Morgan fingerprint density at radius 2 is 2.00 bits per heavy atom. The number of ether oxygens (including phenoxy) is 1. The Morgan fingerprint density at radius 3 is 2.47 bits per heavy atom. The molecule has 0 radical (unpaired) electrons. The molecule has 3 nitrogen and oxygen atoms in total. The lowest BCUT2D eigenvalue weighted by molar-refractivity contribution is 0.0473. The van der Waals surface area contributed by atoms with Gasteiger partial charge in [-0.25, -0.2) is 13.2 Å². The molecule has 0 aromatic heterocycles. The first-order valence-corrected chi connectivity index (χ1v) is 5.79. The predicted octanol–water partition coefficient (Wildman–Crippen LogP) is 2.95. The summed E-state index contributed by atoms with van der Waals surface area (Å²) in [7, 11) is 1.33. The lowest BCUT2D eigenvalue weighted by Crippen LogP contribution is -2.40. The molecule has 0 spiro atoms. The minimum absolute atomic E-state index is 0.0585. The number of hydrogen-bond acceptors (Lipinski definition) is 2. The zero-order chi connectivity index (χ0) is 14.6. The van der Waals surface area contributed by atoms with E-state index < -0.39 is 30.7 Å². The van der Waals surface area contributed by atoms with E-state index in [4.69, 9.17) is 4.74 Å². The van der Waals surface area contributed by atoms with E-state index in [-0.39, 0.29) is 11.3 Å². The topological polar surface area (TPSA) is 29.5 Å². The standard InChI is InChI=1S/C13H16F3NO2/c1-8(2)17(7-12(15)16)13(18)10-6-9(14)4-5-11(10)19-3/h4-6,8,12H,7H2,1-3H3. The van der Waals surface area contributed by atoms with Gasteiger partial charge in [0, 0.05) is 6.04 Å². The molecule has 106 valence electrons. The highest BCUT2D eigenvalue weighted by atomic mass is 19.3. The van der Waals surface area contributed by atoms with Crippen molar-refractivity contribution < 1.29 is 22.7 Å². The zero-order valence-electron chi connectivity index (χ0n) is 11.0. The highest BCUT2D eigenvalue weighted by Gasteiger charge is 2.25. The van der Waals surface area contributed by atoms with Gasteiger partial charge in [0.2, 0.25) is 0 Å². The molecule has 1 amide bonds. The fourth-order valence-electron chi connectivity index (χ4n) is 1.68. The molecule has 0 aliphatic heterocycles. The molecular formula is C13H16F3NO2. The van der Waals surface area contributed by atoms with Crippen molar-refractivity contribution in [3.63, 3.8) is 0 Å². The summed E-state index contributed by atoms with van der Waals surface area (Å²) in [4.78, 5) is 13.2. The third kappa shape index (κ3) is 3.87. The van der Waals surface area contributed by atoms with E-state index in [0.717, 1.165) is 17.0 Å². The summed E-state index contributed by atoms with van der Waals surface area (Å²) < 4.78 is 43.1. The number of methoxy groups -OCH3 is 1. The maximum atomic E-state index is 13.2. The van der Waals surface area contributed by atoms with Crippen molar-refractivity contribution >= 4 is 5.91 Å². The minimum Gasteiger partial charge on any atom is -0.496 e. The molecule has 0 heterocycles. The third-order valence-electron chi connectivity index (χ3n) is 2.61. The fraction of sp³-hybridized carbons (Fsp3) is 0.462. The van der Waals surface area contributed by atoms with Gasteiger partial charge in [-0.05, 0) is 32.0 Å². The van der Waals surface area contributed by atoms with Crippen LogP contribution in [-0.2, 0) is 0 Å². The highest BCUT2D eigenvalue weighted by Crippen LogP contribution is 2.22. The van der Waals surface area contributed by atoms with Gasteiger partial charge in [0.25, 0.3) is 12.3 Å². The van der Waals surface area contributed by atoms with Crippen LogP contribution < -0.4 is 4.74 Å². The van der Waals surface area contributed by atoms with Crippen LogP contribution in [0.3, 0.4) is 0 Å². The second kappa shape index (κ2) is 6.45. The van der Waals surface area contributed by atoms with Crippen molar-refractivity contribution in [1.29, 1.82) is 0 Å². The molecule has 0 bridgehead atoms. The van der Waals surface area contributed by atoms with Gasteiger partial charge < -0.3 is 9.64 Å². The second-order valence-electron chi connectivity index (χ2n) is 4.29. The highest BCUT2D eigenvalue weighted by molar-refractivity contribution is 5.97. The smallest absolute Gasteiger partial charge is 0.258 e. The van der Waals surface area contributed by atoms with E-state index in [1.807, 2.05) is 0 Å². The van der Waals surface area contributed by atoms with Crippen LogP contribution in [0.25, 0.3) is 0 Å². The first-order chi connectivity index (χ1) is 8.86. The number of carbonyl (C=O) groups is 1. The average Bonchev–Trinajstić information content (AvgIpc) is 2.34. The summed E-state index contributed by atoms with van der Waals surface area (Å²) in [6, 6.07) is 3.00. The zero-order valence-corrected chi connectivity index (χ0v) is 11.0. The fourth-order valence-corrected chi connectivity index (χ4v) is 1.68. The largest absolute Gasteiger partial charge is 0.496 e. The van der Waals surface area contributed by atoms with Crippen molar-refractivity contribution in [3.8, 4) is 5.75 Å². The number of benzene rings is 1. The molecule has 1 aromatic carbocycles. The molecule has 1 rings (SSSR count). The summed E-state index contributed by atoms with van der Waals surface area (Å²) >= 11 is 0. The van der Waals surface area contributed by atoms with Crippen LogP contribution in [0.1, 0.15) is 24.2 Å². The SMILES string of the molecule is COc1ccc(F)cc1C(=O)N(CC(F)F)C(C)C. The van der Waals surface area contributed by atoms with Gasteiger partial charge in [-0.3, -0.25) is 4.79 Å². The van der Waals surface area contributed by atoms with Crippen molar-refractivity contribution in [1.82, 2.24) is 4.90 Å². The monoisotopic (exact) mass is 275 g/mol. The van der Waals surface area contributed by atoms with Crippen LogP contribution in [0, 0.1) is 5.82 Å². The van der Waals surface area contributed by atoms with E-state index in [1.165, 1.54) is 13.2 Å². The van der Waals surface area contributed by atoms with Crippen LogP contribution in [0.15, 0.2) is 18.2 Å². The minimum atomic E-state index is -2.65. The molecular weight excluding hydrogens is 259 g/mol. The third-order valence-corrected chi connectivity index (χ3v) is 2.61. The summed E-state index contributed by atoms with van der Waals surface area (Å²) in [5.41, 5.74) is -0.0585. The summed E-state index contributed by atoms with van der Waals surface area (Å²) in [6.07, 6.45) is -2.65. The molecule has 0 atom stereocenters. The average molecular weight is 275 g/mol. The predicted molar refractivity (Wildman–Crippen MR) is 65.1 cm³/mol. The first-order valence-electron chi connectivity index (χ1n) is 5.79. The normalized spacial score (nSPS) is 10.9. The van der Waals surface area contributed by atoms with Gasteiger partial charge >= 0.3 is 0 Å². The molecule has 0 unspecified atom stereocenters. The maximum absolute atomic E-state index is 13.2. The molecule has 19 heavy (non-hydrogen) atoms. The second-order valence-corrected chi connectivity index (χ2v) is 4.29. The summed E-state index contributed by atoms with van der Waals surface area (Å²) in [5, 5.41) is 0. The van der Waals surface area contributed by atoms with Crippen molar-refractivity contribution in [2.45, 2.75) is 26.3 Å². The van der Waals surface area contributed by atoms with Gasteiger partial charge in [-0.1, -0.05) is 0 Å². The van der Waals surface area contributed by atoms with Crippen molar-refractivity contribution in [3.05, 3.63) is 29.6 Å². The number of nitrogens with zero attached hydrogens (tertiary/aromatic N) is 1. The van der Waals surface area contributed by atoms with E-state index in [2.05, 4.69) is 0 Å². The Morgan fingerprint density at radius 1 is 1.37 bits per heavy atom. The molecule has 0 fully saturated rings. The lowest BCUT2D eigenvalue weighted by atomic mass is 10.1. The maximum Gasteiger partial charge on any atom is 0.258 e. The van der Waals surface area contributed by atoms with Gasteiger partial charge in [0.15, 0.2) is 0 Å². The number of rotatable bonds is 5. The van der Waals surface area contributed by atoms with Crippen LogP contribution in [0.2, 0.25) is 0 Å². The molecule has 0 aliphatic carbocycles. The Labute approximate surface area is 110 Å². The van der Waals surface area contributed by atoms with E-state index in [9.17, 15) is 18.0 Å². The lowest BCUT2D eigenvalue weighted by Gasteiger charge is -2.27. The molecule has 6 heteroatoms. The first kappa shape index (κ1) is 15.3. The van der Waals surface area contributed by atoms with Gasteiger partial charge in [0.1, 0.15) is 11.6 Å². The van der Waals surface area contributed by atoms with E-state index >= 15 is 0 Å². The summed E-state index contributed by atoms with van der Waals surface area (Å²) in [5.74, 6) is -1.14. The van der Waals surface area contributed by atoms with Gasteiger partial charge in [-0.2, -0.15) is 0 Å². The van der Waals surface area contributed by atoms with Gasteiger partial charge in [-0.15, -0.1) is 0 Å². The molecule has 0 saturated heterocycles. The molecule has 1 aromatic rings. The Bertz CT molecular complexity index is 450. The number of alkyl halides is 2. The van der Waals surface area contributed by atoms with Crippen LogP contribution >= 0.6 is 0 Å². The van der Waals surface area contributed by atoms with E-state index in [1.54, 1.807) is 13.8 Å². The quantitative estimate of drug-likeness (QED) is 0.827. The number of hydrogen-bond donors (Lipinski definition) is 0. The number of carbonyl (C=O) groups excluding carboxylic acids is 1. The molecule has 0 aliphatic rings. The van der Waals surface area contributed by atoms with Crippen molar-refractivity contribution in [2.75, 3.05) is 13.7 Å². The van der Waals surface area contributed by atoms with E-state index in [0.29, 0.717) is 0 Å². The van der Waals surface area contributed by atoms with Crippen LogP contribution in [0.4, 0.5) is 13.2 Å². The summed E-state index contributed by atoms with van der Waals surface area (Å²) in [6.45, 7) is 2.54. The Balaban J connectivity index is 3.12. The number of amides is 1. The van der Waals surface area contributed by atoms with Crippen LogP contribution in [-0.4, -0.2) is 36.9 Å². The number of halogens is 3.